The Morgan fingerprint density at radius 2 is 1.25 bits per heavy atom. The summed E-state index contributed by atoms with van der Waals surface area (Å²) in [5.74, 6) is -2.42. The monoisotopic (exact) mass is 699 g/mol. The summed E-state index contributed by atoms with van der Waals surface area (Å²) in [7, 11) is 0. The van der Waals surface area contributed by atoms with Crippen LogP contribution in [0.2, 0.25) is 0 Å². The predicted octanol–water partition coefficient (Wildman–Crippen LogP) is 6.12. The minimum absolute atomic E-state index is 0.0160. The minimum Gasteiger partial charge on any atom is -0.481 e. The van der Waals surface area contributed by atoms with Gasteiger partial charge in [-0.1, -0.05) is 105 Å². The standard InChI is InChI=1S/C41H49NO9/c1-41(2)22-32(43)36(33(44)23-41)31(20-12-13-21-35(45)46)42-40-39(50-26-30-18-10-5-11-19-30)38(49-25-29-16-8-4-9-17-29)37(47)34(51-40)27-48-24-28-14-6-3-7-15-28/h3-11,14-19,34,36-40,47H,12-13,20-27H2,1-2H3,(H,45,46)/t34-,37+,38+,39-,40?/m1/s1. The van der Waals surface area contributed by atoms with Crippen LogP contribution in [0.3, 0.4) is 0 Å². The molecule has 2 N–H and O–H groups in total. The van der Waals surface area contributed by atoms with Crippen LogP contribution in [0.4, 0.5) is 0 Å². The van der Waals surface area contributed by atoms with Gasteiger partial charge in [0.1, 0.15) is 41.9 Å². The van der Waals surface area contributed by atoms with E-state index >= 15 is 0 Å². The molecule has 0 radical (unpaired) electrons. The third-order valence-electron chi connectivity index (χ3n) is 9.25. The molecule has 1 heterocycles. The van der Waals surface area contributed by atoms with E-state index in [1.807, 2.05) is 105 Å². The Morgan fingerprint density at radius 3 is 1.78 bits per heavy atom. The first-order valence-electron chi connectivity index (χ1n) is 17.7. The molecule has 5 atom stereocenters. The molecule has 5 rings (SSSR count). The Kier molecular flexibility index (Phi) is 13.8. The van der Waals surface area contributed by atoms with E-state index < -0.39 is 47.9 Å². The van der Waals surface area contributed by atoms with Crippen molar-refractivity contribution < 1.29 is 43.5 Å². The van der Waals surface area contributed by atoms with Crippen LogP contribution in [0.5, 0.6) is 0 Å². The molecule has 272 valence electrons. The molecule has 1 unspecified atom stereocenters. The van der Waals surface area contributed by atoms with Crippen LogP contribution in [-0.4, -0.2) is 70.7 Å². The van der Waals surface area contributed by atoms with Gasteiger partial charge in [0, 0.05) is 25.0 Å². The van der Waals surface area contributed by atoms with Gasteiger partial charge in [0.2, 0.25) is 0 Å². The van der Waals surface area contributed by atoms with Crippen molar-refractivity contribution in [1.29, 1.82) is 0 Å². The molecule has 0 amide bonds. The lowest BCUT2D eigenvalue weighted by molar-refractivity contribution is -0.258. The van der Waals surface area contributed by atoms with Crippen LogP contribution < -0.4 is 0 Å². The Bertz CT molecular complexity index is 1580. The summed E-state index contributed by atoms with van der Waals surface area (Å²) in [6.45, 7) is 4.45. The molecular weight excluding hydrogens is 650 g/mol. The minimum atomic E-state index is -1.17. The van der Waals surface area contributed by atoms with Gasteiger partial charge in [-0.2, -0.15) is 0 Å². The molecule has 3 aromatic rings. The maximum atomic E-state index is 13.6. The molecule has 0 spiro atoms. The van der Waals surface area contributed by atoms with E-state index in [-0.39, 0.29) is 57.1 Å². The number of carbonyl (C=O) groups excluding carboxylic acids is 2. The molecule has 10 heteroatoms. The van der Waals surface area contributed by atoms with Gasteiger partial charge in [-0.05, 0) is 41.4 Å². The number of hydrogen-bond acceptors (Lipinski definition) is 9. The summed E-state index contributed by atoms with van der Waals surface area (Å²) in [4.78, 5) is 43.5. The van der Waals surface area contributed by atoms with Gasteiger partial charge in [-0.15, -0.1) is 0 Å². The van der Waals surface area contributed by atoms with E-state index in [4.69, 9.17) is 23.9 Å². The third kappa shape index (κ3) is 11.2. The van der Waals surface area contributed by atoms with Crippen LogP contribution in [0, 0.1) is 11.3 Å². The van der Waals surface area contributed by atoms with E-state index in [2.05, 4.69) is 0 Å². The fourth-order valence-electron chi connectivity index (χ4n) is 6.71. The maximum Gasteiger partial charge on any atom is 0.303 e. The van der Waals surface area contributed by atoms with E-state index in [1.54, 1.807) is 0 Å². The van der Waals surface area contributed by atoms with Crippen molar-refractivity contribution in [2.75, 3.05) is 6.61 Å². The lowest BCUT2D eigenvalue weighted by atomic mass is 9.69. The number of ketones is 2. The summed E-state index contributed by atoms with van der Waals surface area (Å²) in [6, 6.07) is 28.8. The summed E-state index contributed by atoms with van der Waals surface area (Å²) in [5, 5.41) is 21.1. The van der Waals surface area contributed by atoms with Crippen molar-refractivity contribution in [3.8, 4) is 0 Å². The summed E-state index contributed by atoms with van der Waals surface area (Å²) in [5.41, 5.74) is 2.61. The average Bonchev–Trinajstić information content (AvgIpc) is 3.10. The van der Waals surface area contributed by atoms with Gasteiger partial charge < -0.3 is 29.2 Å². The van der Waals surface area contributed by atoms with E-state index in [9.17, 15) is 24.6 Å². The molecule has 1 saturated carbocycles. The first-order valence-corrected chi connectivity index (χ1v) is 17.7. The van der Waals surface area contributed by atoms with Crippen molar-refractivity contribution in [2.24, 2.45) is 16.3 Å². The maximum absolute atomic E-state index is 13.6. The average molecular weight is 700 g/mol. The van der Waals surface area contributed by atoms with Crippen LogP contribution in [0.25, 0.3) is 0 Å². The fourth-order valence-corrected chi connectivity index (χ4v) is 6.71. The molecule has 2 aliphatic rings. The zero-order valence-electron chi connectivity index (χ0n) is 29.4. The molecule has 1 saturated heterocycles. The summed E-state index contributed by atoms with van der Waals surface area (Å²) in [6.07, 6.45) is -3.61. The zero-order chi connectivity index (χ0) is 36.2. The fraction of sp³-hybridized carbons (Fsp3) is 0.463. The van der Waals surface area contributed by atoms with Gasteiger partial charge in [0.05, 0.1) is 26.4 Å². The molecule has 3 aromatic carbocycles. The number of hydrogen-bond donors (Lipinski definition) is 2. The highest BCUT2D eigenvalue weighted by molar-refractivity contribution is 6.22. The van der Waals surface area contributed by atoms with Gasteiger partial charge in [-0.25, -0.2) is 0 Å². The summed E-state index contributed by atoms with van der Waals surface area (Å²) < 4.78 is 25.5. The van der Waals surface area contributed by atoms with Gasteiger partial charge in [-0.3, -0.25) is 19.4 Å². The highest BCUT2D eigenvalue weighted by atomic mass is 16.6. The van der Waals surface area contributed by atoms with Crippen molar-refractivity contribution in [3.63, 3.8) is 0 Å². The molecule has 10 nitrogen and oxygen atoms in total. The van der Waals surface area contributed by atoms with E-state index in [0.717, 1.165) is 16.7 Å². The number of ether oxygens (including phenoxy) is 4. The molecular formula is C41H49NO9. The molecule has 51 heavy (non-hydrogen) atoms. The molecule has 0 bridgehead atoms. The topological polar surface area (TPSA) is 141 Å². The number of aliphatic hydroxyl groups excluding tert-OH is 1. The highest BCUT2D eigenvalue weighted by Gasteiger charge is 2.48. The van der Waals surface area contributed by atoms with Crippen molar-refractivity contribution in [1.82, 2.24) is 0 Å². The van der Waals surface area contributed by atoms with Crippen molar-refractivity contribution in [2.45, 2.75) is 103 Å². The number of aliphatic hydroxyl groups is 1. The number of benzene rings is 3. The van der Waals surface area contributed by atoms with Gasteiger partial charge >= 0.3 is 5.97 Å². The Hall–Kier alpha value is -4.06. The van der Waals surface area contributed by atoms with Crippen LogP contribution in [-0.2, 0) is 53.2 Å². The second-order valence-corrected chi connectivity index (χ2v) is 14.2. The Labute approximate surface area is 299 Å². The number of nitrogens with zero attached hydrogens (tertiary/aromatic N) is 1. The lowest BCUT2D eigenvalue weighted by Gasteiger charge is -2.43. The molecule has 1 aliphatic heterocycles. The number of carboxylic acid groups (broad SMARTS) is 1. The van der Waals surface area contributed by atoms with Gasteiger partial charge in [0.15, 0.2) is 6.23 Å². The predicted molar refractivity (Wildman–Crippen MR) is 191 cm³/mol. The number of carbonyl (C=O) groups is 3. The number of carboxylic acids is 1. The van der Waals surface area contributed by atoms with Crippen LogP contribution >= 0.6 is 0 Å². The van der Waals surface area contributed by atoms with Crippen LogP contribution in [0.1, 0.15) is 69.1 Å². The summed E-state index contributed by atoms with van der Waals surface area (Å²) >= 11 is 0. The first kappa shape index (κ1) is 38.2. The second kappa shape index (κ2) is 18.4. The van der Waals surface area contributed by atoms with E-state index in [1.165, 1.54) is 0 Å². The number of unbranched alkanes of at least 4 members (excludes halogenated alkanes) is 1. The second-order valence-electron chi connectivity index (χ2n) is 14.2. The van der Waals surface area contributed by atoms with Crippen molar-refractivity contribution >= 4 is 23.2 Å². The van der Waals surface area contributed by atoms with E-state index in [0.29, 0.717) is 25.2 Å². The number of aliphatic carboxylic acids is 1. The number of rotatable bonds is 17. The smallest absolute Gasteiger partial charge is 0.303 e. The third-order valence-corrected chi connectivity index (χ3v) is 9.25. The van der Waals surface area contributed by atoms with Gasteiger partial charge in [0.25, 0.3) is 0 Å². The highest BCUT2D eigenvalue weighted by Crippen LogP contribution is 2.36. The number of Topliss-reactive ketones (excluding diaryl/α,β-unsaturated/α-hetero) is 2. The largest absolute Gasteiger partial charge is 0.481 e. The molecule has 2 fully saturated rings. The molecule has 0 aromatic heterocycles. The Balaban J connectivity index is 1.49. The number of aliphatic imine (C=N–C) groups is 1. The molecule has 1 aliphatic carbocycles. The quantitative estimate of drug-likeness (QED) is 0.0969. The van der Waals surface area contributed by atoms with Crippen molar-refractivity contribution in [3.05, 3.63) is 108 Å². The zero-order valence-corrected chi connectivity index (χ0v) is 29.4. The normalized spacial score (nSPS) is 24.1. The SMILES string of the molecule is CC1(C)CC(=O)C(C(CCCCC(=O)O)=NC2O[C@H](COCc3ccccc3)[C@H](O)[C@H](OCc3ccccc3)[C@H]2OCc2ccccc2)C(=O)C1. The lowest BCUT2D eigenvalue weighted by Crippen LogP contribution is -2.60. The Morgan fingerprint density at radius 1 is 0.765 bits per heavy atom. The van der Waals surface area contributed by atoms with Crippen LogP contribution in [0.15, 0.2) is 96.0 Å². The first-order chi connectivity index (χ1) is 24.6.